The zero-order valence-electron chi connectivity index (χ0n) is 11.4. The van der Waals surface area contributed by atoms with Crippen LogP contribution in [0.25, 0.3) is 0 Å². The second kappa shape index (κ2) is 6.21. The van der Waals surface area contributed by atoms with E-state index in [9.17, 15) is 13.6 Å². The summed E-state index contributed by atoms with van der Waals surface area (Å²) in [6, 6.07) is 7.38. The molecule has 6 nitrogen and oxygen atoms in total. The molecule has 0 bridgehead atoms. The van der Waals surface area contributed by atoms with E-state index in [1.54, 1.807) is 24.3 Å². The third-order valence-electron chi connectivity index (χ3n) is 2.72. The number of amides is 2. The van der Waals surface area contributed by atoms with Crippen LogP contribution in [0.4, 0.5) is 25.1 Å². The van der Waals surface area contributed by atoms with Crippen molar-refractivity contribution >= 4 is 17.5 Å². The molecule has 0 aliphatic heterocycles. The molecule has 1 aromatic heterocycles. The Morgan fingerprint density at radius 2 is 2.05 bits per heavy atom. The summed E-state index contributed by atoms with van der Waals surface area (Å²) in [5.41, 5.74) is 0.0684. The van der Waals surface area contributed by atoms with Gasteiger partial charge in [-0.15, -0.1) is 0 Å². The molecular formula is C13H14F2N4O2. The fourth-order valence-electron chi connectivity index (χ4n) is 1.73. The Labute approximate surface area is 119 Å². The van der Waals surface area contributed by atoms with Gasteiger partial charge >= 0.3 is 6.03 Å². The Bertz CT molecular complexity index is 643. The first-order chi connectivity index (χ1) is 10.0. The molecule has 0 spiro atoms. The van der Waals surface area contributed by atoms with Crippen LogP contribution >= 0.6 is 0 Å². The minimum absolute atomic E-state index is 0.165. The van der Waals surface area contributed by atoms with E-state index in [2.05, 4.69) is 15.7 Å². The number of aromatic nitrogens is 2. The van der Waals surface area contributed by atoms with Gasteiger partial charge in [0, 0.05) is 13.1 Å². The molecule has 0 saturated carbocycles. The molecular weight excluding hydrogens is 282 g/mol. The Morgan fingerprint density at radius 3 is 2.67 bits per heavy atom. The van der Waals surface area contributed by atoms with Gasteiger partial charge in [-0.05, 0) is 12.1 Å². The minimum atomic E-state index is -2.69. The molecule has 0 saturated heterocycles. The van der Waals surface area contributed by atoms with Crippen molar-refractivity contribution in [3.63, 3.8) is 0 Å². The third-order valence-corrected chi connectivity index (χ3v) is 2.72. The summed E-state index contributed by atoms with van der Waals surface area (Å²) in [6.07, 6.45) is -2.69. The second-order valence-corrected chi connectivity index (χ2v) is 4.16. The van der Waals surface area contributed by atoms with E-state index in [0.29, 0.717) is 11.4 Å². The van der Waals surface area contributed by atoms with Crippen LogP contribution in [-0.4, -0.2) is 22.9 Å². The molecule has 112 valence electrons. The highest BCUT2D eigenvalue weighted by atomic mass is 19.3. The number of carbonyl (C=O) groups excluding carboxylic acids is 1. The Balaban J connectivity index is 2.08. The molecule has 0 aliphatic carbocycles. The number of para-hydroxylation sites is 2. The maximum Gasteiger partial charge on any atom is 0.324 e. The van der Waals surface area contributed by atoms with E-state index in [0.717, 1.165) is 6.07 Å². The van der Waals surface area contributed by atoms with Crippen LogP contribution in [0, 0.1) is 0 Å². The van der Waals surface area contributed by atoms with Crippen LogP contribution in [0.2, 0.25) is 0 Å². The lowest BCUT2D eigenvalue weighted by atomic mass is 10.3. The maximum absolute atomic E-state index is 12.5. The molecule has 2 N–H and O–H groups in total. The first-order valence-electron chi connectivity index (χ1n) is 6.04. The highest BCUT2D eigenvalue weighted by Gasteiger charge is 2.15. The first-order valence-corrected chi connectivity index (χ1v) is 6.04. The highest BCUT2D eigenvalue weighted by molar-refractivity contribution is 6.00. The molecule has 0 aliphatic rings. The maximum atomic E-state index is 12.5. The van der Waals surface area contributed by atoms with Gasteiger partial charge in [0.15, 0.2) is 0 Å². The smallest absolute Gasteiger partial charge is 0.324 e. The van der Waals surface area contributed by atoms with E-state index < -0.39 is 18.2 Å². The van der Waals surface area contributed by atoms with Gasteiger partial charge in [0.1, 0.15) is 17.3 Å². The van der Waals surface area contributed by atoms with Gasteiger partial charge in [-0.2, -0.15) is 5.10 Å². The van der Waals surface area contributed by atoms with Crippen molar-refractivity contribution in [3.05, 3.63) is 36.0 Å². The summed E-state index contributed by atoms with van der Waals surface area (Å²) in [5.74, 6) is 0.656. The number of ether oxygens (including phenoxy) is 1. The van der Waals surface area contributed by atoms with E-state index in [-0.39, 0.29) is 5.82 Å². The van der Waals surface area contributed by atoms with E-state index in [1.165, 1.54) is 18.8 Å². The molecule has 0 radical (unpaired) electrons. The molecule has 8 heteroatoms. The SMILES string of the molecule is COc1ccccc1NC(=O)Nc1cc(C(F)F)nn1C. The molecule has 0 fully saturated rings. The number of rotatable bonds is 4. The van der Waals surface area contributed by atoms with Gasteiger partial charge in [0.2, 0.25) is 0 Å². The second-order valence-electron chi connectivity index (χ2n) is 4.16. The third kappa shape index (κ3) is 3.47. The summed E-state index contributed by atoms with van der Waals surface area (Å²) < 4.78 is 31.3. The quantitative estimate of drug-likeness (QED) is 0.911. The van der Waals surface area contributed by atoms with Crippen LogP contribution in [0.15, 0.2) is 30.3 Å². The average Bonchev–Trinajstić information content (AvgIpc) is 2.81. The van der Waals surface area contributed by atoms with E-state index >= 15 is 0 Å². The Morgan fingerprint density at radius 1 is 1.33 bits per heavy atom. The lowest BCUT2D eigenvalue weighted by molar-refractivity contribution is 0.145. The van der Waals surface area contributed by atoms with Crippen LogP contribution in [0.1, 0.15) is 12.1 Å². The van der Waals surface area contributed by atoms with E-state index in [4.69, 9.17) is 4.74 Å². The van der Waals surface area contributed by atoms with Crippen molar-refractivity contribution in [1.82, 2.24) is 9.78 Å². The van der Waals surface area contributed by atoms with Crippen molar-refractivity contribution in [2.45, 2.75) is 6.43 Å². The minimum Gasteiger partial charge on any atom is -0.495 e. The molecule has 2 aromatic rings. The number of nitrogens with one attached hydrogen (secondary N) is 2. The number of anilines is 2. The standard InChI is InChI=1S/C13H14F2N4O2/c1-19-11(7-9(18-19)12(14)15)17-13(20)16-8-5-3-4-6-10(8)21-2/h3-7,12H,1-2H3,(H2,16,17,20). The zero-order chi connectivity index (χ0) is 15.4. The number of hydrogen-bond donors (Lipinski definition) is 2. The predicted octanol–water partition coefficient (Wildman–Crippen LogP) is 3.01. The van der Waals surface area contributed by atoms with Crippen LogP contribution in [-0.2, 0) is 7.05 Å². The predicted molar refractivity (Wildman–Crippen MR) is 73.8 cm³/mol. The molecule has 21 heavy (non-hydrogen) atoms. The highest BCUT2D eigenvalue weighted by Crippen LogP contribution is 2.24. The number of methoxy groups -OCH3 is 1. The van der Waals surface area contributed by atoms with Crippen molar-refractivity contribution in [1.29, 1.82) is 0 Å². The van der Waals surface area contributed by atoms with Gasteiger partial charge in [-0.25, -0.2) is 13.6 Å². The van der Waals surface area contributed by atoms with Crippen molar-refractivity contribution in [3.8, 4) is 5.75 Å². The summed E-state index contributed by atoms with van der Waals surface area (Å²) >= 11 is 0. The number of halogens is 2. The summed E-state index contributed by atoms with van der Waals surface area (Å²) in [4.78, 5) is 11.9. The topological polar surface area (TPSA) is 68.2 Å². The Kier molecular flexibility index (Phi) is 4.36. The number of urea groups is 1. The van der Waals surface area contributed by atoms with Gasteiger partial charge in [0.05, 0.1) is 12.8 Å². The van der Waals surface area contributed by atoms with Gasteiger partial charge in [-0.1, -0.05) is 12.1 Å². The molecule has 1 aromatic carbocycles. The molecule has 2 rings (SSSR count). The van der Waals surface area contributed by atoms with Crippen LogP contribution in [0.5, 0.6) is 5.75 Å². The lowest BCUT2D eigenvalue weighted by Crippen LogP contribution is -2.21. The molecule has 0 atom stereocenters. The first kappa shape index (κ1) is 14.8. The zero-order valence-corrected chi connectivity index (χ0v) is 11.4. The Hall–Kier alpha value is -2.64. The normalized spacial score (nSPS) is 10.5. The van der Waals surface area contributed by atoms with Gasteiger partial charge in [0.25, 0.3) is 6.43 Å². The van der Waals surface area contributed by atoms with Crippen LogP contribution in [0.3, 0.4) is 0 Å². The number of nitrogens with zero attached hydrogens (tertiary/aromatic N) is 2. The monoisotopic (exact) mass is 296 g/mol. The van der Waals surface area contributed by atoms with E-state index in [1.807, 2.05) is 0 Å². The average molecular weight is 296 g/mol. The van der Waals surface area contributed by atoms with Crippen molar-refractivity contribution < 1.29 is 18.3 Å². The van der Waals surface area contributed by atoms with Crippen molar-refractivity contribution in [2.24, 2.45) is 7.05 Å². The van der Waals surface area contributed by atoms with Crippen LogP contribution < -0.4 is 15.4 Å². The van der Waals surface area contributed by atoms with Gasteiger partial charge < -0.3 is 10.1 Å². The largest absolute Gasteiger partial charge is 0.495 e. The fraction of sp³-hybridized carbons (Fsp3) is 0.231. The summed E-state index contributed by atoms with van der Waals surface area (Å²) in [6.45, 7) is 0. The summed E-state index contributed by atoms with van der Waals surface area (Å²) in [7, 11) is 2.94. The summed E-state index contributed by atoms with van der Waals surface area (Å²) in [5, 5.41) is 8.62. The lowest BCUT2D eigenvalue weighted by Gasteiger charge is -2.10. The number of hydrogen-bond acceptors (Lipinski definition) is 3. The number of carbonyl (C=O) groups is 1. The molecule has 2 amide bonds. The van der Waals surface area contributed by atoms with Crippen molar-refractivity contribution in [2.75, 3.05) is 17.7 Å². The molecule has 0 unspecified atom stereocenters. The number of aryl methyl sites for hydroxylation is 1. The number of alkyl halides is 2. The molecule has 1 heterocycles. The fourth-order valence-corrected chi connectivity index (χ4v) is 1.73. The van der Waals surface area contributed by atoms with Gasteiger partial charge in [-0.3, -0.25) is 10.00 Å². The number of benzene rings is 1.